The van der Waals surface area contributed by atoms with Gasteiger partial charge in [-0.05, 0) is 6.42 Å². The van der Waals surface area contributed by atoms with E-state index in [1.165, 1.54) is 6.26 Å². The summed E-state index contributed by atoms with van der Waals surface area (Å²) in [5.41, 5.74) is 0. The molecule has 82 valence electrons. The minimum atomic E-state index is -2.82. The zero-order valence-electron chi connectivity index (χ0n) is 8.49. The van der Waals surface area contributed by atoms with Crippen LogP contribution in [0.4, 0.5) is 0 Å². The Morgan fingerprint density at radius 3 is 2.86 bits per heavy atom. The summed E-state index contributed by atoms with van der Waals surface area (Å²) < 4.78 is 21.6. The second kappa shape index (κ2) is 5.02. The SMILES string of the molecule is CC1CN=C(NCCCS(C)(=O)=O)S1. The number of sulfone groups is 1. The van der Waals surface area contributed by atoms with E-state index in [0.717, 1.165) is 11.7 Å². The van der Waals surface area contributed by atoms with Gasteiger partial charge >= 0.3 is 0 Å². The normalized spacial score (nSPS) is 22.1. The molecule has 0 saturated heterocycles. The van der Waals surface area contributed by atoms with E-state index in [9.17, 15) is 8.42 Å². The van der Waals surface area contributed by atoms with Crippen LogP contribution in [0.25, 0.3) is 0 Å². The molecule has 0 aliphatic carbocycles. The highest BCUT2D eigenvalue weighted by molar-refractivity contribution is 8.14. The van der Waals surface area contributed by atoms with Gasteiger partial charge in [-0.15, -0.1) is 0 Å². The third kappa shape index (κ3) is 4.85. The molecule has 0 saturated carbocycles. The maximum atomic E-state index is 10.8. The second-order valence-corrected chi connectivity index (χ2v) is 7.17. The molecule has 14 heavy (non-hydrogen) atoms. The van der Waals surface area contributed by atoms with Crippen molar-refractivity contribution in [2.24, 2.45) is 4.99 Å². The molecule has 0 aromatic carbocycles. The van der Waals surface area contributed by atoms with Crippen LogP contribution in [0.3, 0.4) is 0 Å². The highest BCUT2D eigenvalue weighted by Crippen LogP contribution is 2.18. The van der Waals surface area contributed by atoms with Crippen LogP contribution in [0.5, 0.6) is 0 Å². The zero-order chi connectivity index (χ0) is 10.6. The van der Waals surface area contributed by atoms with Crippen molar-refractivity contribution < 1.29 is 8.42 Å². The molecule has 0 aromatic heterocycles. The summed E-state index contributed by atoms with van der Waals surface area (Å²) in [7, 11) is -2.82. The quantitative estimate of drug-likeness (QED) is 0.722. The fraction of sp³-hybridized carbons (Fsp3) is 0.875. The highest BCUT2D eigenvalue weighted by atomic mass is 32.2. The molecule has 1 N–H and O–H groups in total. The van der Waals surface area contributed by atoms with Gasteiger partial charge in [-0.3, -0.25) is 4.99 Å². The van der Waals surface area contributed by atoms with Crippen molar-refractivity contribution in [1.29, 1.82) is 0 Å². The van der Waals surface area contributed by atoms with Gasteiger partial charge in [0.05, 0.1) is 12.3 Å². The number of hydrogen-bond donors (Lipinski definition) is 1. The smallest absolute Gasteiger partial charge is 0.156 e. The van der Waals surface area contributed by atoms with Crippen LogP contribution in [0, 0.1) is 0 Å². The fourth-order valence-electron chi connectivity index (χ4n) is 1.10. The lowest BCUT2D eigenvalue weighted by Crippen LogP contribution is -2.22. The van der Waals surface area contributed by atoms with Crippen molar-refractivity contribution in [2.75, 3.05) is 25.1 Å². The molecule has 6 heteroatoms. The summed E-state index contributed by atoms with van der Waals surface area (Å²) in [4.78, 5) is 4.27. The maximum absolute atomic E-state index is 10.8. The molecule has 1 heterocycles. The van der Waals surface area contributed by atoms with E-state index < -0.39 is 9.84 Å². The fourth-order valence-corrected chi connectivity index (χ4v) is 2.64. The van der Waals surface area contributed by atoms with Crippen molar-refractivity contribution >= 4 is 26.8 Å². The van der Waals surface area contributed by atoms with Gasteiger partial charge in [0, 0.05) is 18.1 Å². The van der Waals surface area contributed by atoms with E-state index in [2.05, 4.69) is 17.2 Å². The van der Waals surface area contributed by atoms with Crippen LogP contribution >= 0.6 is 11.8 Å². The topological polar surface area (TPSA) is 58.5 Å². The van der Waals surface area contributed by atoms with Gasteiger partial charge in [0.1, 0.15) is 9.84 Å². The van der Waals surface area contributed by atoms with Crippen molar-refractivity contribution in [3.63, 3.8) is 0 Å². The highest BCUT2D eigenvalue weighted by Gasteiger charge is 2.13. The molecule has 0 bridgehead atoms. The van der Waals surface area contributed by atoms with Gasteiger partial charge in [-0.1, -0.05) is 18.7 Å². The van der Waals surface area contributed by atoms with E-state index in [1.54, 1.807) is 11.8 Å². The summed E-state index contributed by atoms with van der Waals surface area (Å²) in [5.74, 6) is 0.244. The Hall–Kier alpha value is -0.230. The van der Waals surface area contributed by atoms with Crippen molar-refractivity contribution in [2.45, 2.75) is 18.6 Å². The molecule has 0 spiro atoms. The van der Waals surface area contributed by atoms with E-state index in [1.807, 2.05) is 0 Å². The Morgan fingerprint density at radius 2 is 2.36 bits per heavy atom. The Balaban J connectivity index is 2.11. The molecular formula is C8H16N2O2S2. The Morgan fingerprint density at radius 1 is 1.64 bits per heavy atom. The summed E-state index contributed by atoms with van der Waals surface area (Å²) >= 11 is 1.71. The number of nitrogens with one attached hydrogen (secondary N) is 1. The first kappa shape index (κ1) is 11.8. The molecule has 1 rings (SSSR count). The number of rotatable bonds is 4. The predicted octanol–water partition coefficient (Wildman–Crippen LogP) is 0.502. The second-order valence-electron chi connectivity index (χ2n) is 3.48. The molecule has 0 radical (unpaired) electrons. The van der Waals surface area contributed by atoms with Gasteiger partial charge in [-0.25, -0.2) is 8.42 Å². The third-order valence-electron chi connectivity index (χ3n) is 1.77. The molecule has 0 aromatic rings. The first-order chi connectivity index (χ1) is 6.47. The Kier molecular flexibility index (Phi) is 4.25. The molecule has 1 atom stereocenters. The minimum absolute atomic E-state index is 0.244. The van der Waals surface area contributed by atoms with Gasteiger partial charge in [0.25, 0.3) is 0 Å². The average molecular weight is 236 g/mol. The lowest BCUT2D eigenvalue weighted by atomic mass is 10.5. The van der Waals surface area contributed by atoms with Crippen LogP contribution in [0.1, 0.15) is 13.3 Å². The van der Waals surface area contributed by atoms with Crippen molar-refractivity contribution in [1.82, 2.24) is 5.32 Å². The summed E-state index contributed by atoms with van der Waals surface area (Å²) in [5, 5.41) is 4.63. The standard InChI is InChI=1S/C8H16N2O2S2/c1-7-6-10-8(13-7)9-4-3-5-14(2,11)12/h7H,3-6H2,1-2H3,(H,9,10). The first-order valence-electron chi connectivity index (χ1n) is 4.60. The van der Waals surface area contributed by atoms with E-state index in [0.29, 0.717) is 18.2 Å². The minimum Gasteiger partial charge on any atom is -0.365 e. The Labute approximate surface area is 89.5 Å². The summed E-state index contributed by atoms with van der Waals surface area (Å²) in [6.07, 6.45) is 1.91. The summed E-state index contributed by atoms with van der Waals surface area (Å²) in [6, 6.07) is 0. The first-order valence-corrected chi connectivity index (χ1v) is 7.54. The average Bonchev–Trinajstić information content (AvgIpc) is 2.44. The van der Waals surface area contributed by atoms with Crippen LogP contribution < -0.4 is 5.32 Å². The molecule has 1 aliphatic rings. The zero-order valence-corrected chi connectivity index (χ0v) is 10.1. The van der Waals surface area contributed by atoms with Crippen molar-refractivity contribution in [3.05, 3.63) is 0 Å². The number of amidine groups is 1. The number of aliphatic imine (C=N–C) groups is 1. The van der Waals surface area contributed by atoms with E-state index in [-0.39, 0.29) is 5.75 Å². The van der Waals surface area contributed by atoms with Gasteiger partial charge in [0.15, 0.2) is 5.17 Å². The molecule has 1 aliphatic heterocycles. The molecule has 0 fully saturated rings. The monoisotopic (exact) mass is 236 g/mol. The van der Waals surface area contributed by atoms with Crippen LogP contribution in [-0.4, -0.2) is 43.9 Å². The lowest BCUT2D eigenvalue weighted by Gasteiger charge is -2.04. The predicted molar refractivity (Wildman–Crippen MR) is 61.7 cm³/mol. The molecule has 4 nitrogen and oxygen atoms in total. The molecule has 0 amide bonds. The van der Waals surface area contributed by atoms with Gasteiger partial charge < -0.3 is 5.32 Å². The number of thioether (sulfide) groups is 1. The van der Waals surface area contributed by atoms with E-state index in [4.69, 9.17) is 0 Å². The van der Waals surface area contributed by atoms with Crippen LogP contribution in [0.15, 0.2) is 4.99 Å². The third-order valence-corrected chi connectivity index (χ3v) is 3.85. The number of hydrogen-bond acceptors (Lipinski definition) is 5. The molecular weight excluding hydrogens is 220 g/mol. The van der Waals surface area contributed by atoms with E-state index >= 15 is 0 Å². The molecule has 1 unspecified atom stereocenters. The Bertz CT molecular complexity index is 311. The largest absolute Gasteiger partial charge is 0.365 e. The van der Waals surface area contributed by atoms with Crippen LogP contribution in [-0.2, 0) is 9.84 Å². The lowest BCUT2D eigenvalue weighted by molar-refractivity contribution is 0.598. The van der Waals surface area contributed by atoms with Gasteiger partial charge in [-0.2, -0.15) is 0 Å². The van der Waals surface area contributed by atoms with Gasteiger partial charge in [0.2, 0.25) is 0 Å². The maximum Gasteiger partial charge on any atom is 0.156 e. The van der Waals surface area contributed by atoms with Crippen LogP contribution in [0.2, 0.25) is 0 Å². The number of nitrogens with zero attached hydrogens (tertiary/aromatic N) is 1. The van der Waals surface area contributed by atoms with Crippen molar-refractivity contribution in [3.8, 4) is 0 Å². The summed E-state index contributed by atoms with van der Waals surface area (Å²) in [6.45, 7) is 3.67.